The molecule has 0 aliphatic carbocycles. The van der Waals surface area contributed by atoms with Gasteiger partial charge in [-0.05, 0) is 17.7 Å². The number of rotatable bonds is 4. The van der Waals surface area contributed by atoms with E-state index >= 15 is 0 Å². The Hall–Kier alpha value is -2.54. The molecule has 1 aromatic carbocycles. The number of nitrogens with zero attached hydrogens (tertiary/aromatic N) is 3. The van der Waals surface area contributed by atoms with Crippen molar-refractivity contribution >= 4 is 11.9 Å². The van der Waals surface area contributed by atoms with Crippen molar-refractivity contribution in [1.82, 2.24) is 14.9 Å². The van der Waals surface area contributed by atoms with Crippen LogP contribution in [0.5, 0.6) is 0 Å². The van der Waals surface area contributed by atoms with Crippen LogP contribution >= 0.6 is 0 Å². The van der Waals surface area contributed by atoms with Gasteiger partial charge in [-0.25, -0.2) is 14.4 Å². The lowest BCUT2D eigenvalue weighted by Crippen LogP contribution is -2.40. The van der Waals surface area contributed by atoms with Gasteiger partial charge in [-0.15, -0.1) is 0 Å². The Labute approximate surface area is 133 Å². The van der Waals surface area contributed by atoms with Crippen molar-refractivity contribution in [1.29, 1.82) is 0 Å². The van der Waals surface area contributed by atoms with E-state index in [1.54, 1.807) is 17.0 Å². The van der Waals surface area contributed by atoms with E-state index in [0.29, 0.717) is 44.4 Å². The normalized spacial score (nSPS) is 14.6. The molecule has 2 aromatic rings. The average molecular weight is 316 g/mol. The van der Waals surface area contributed by atoms with E-state index in [-0.39, 0.29) is 11.7 Å². The molecular weight excluding hydrogens is 299 g/mol. The Morgan fingerprint density at radius 1 is 1.17 bits per heavy atom. The summed E-state index contributed by atoms with van der Waals surface area (Å²) in [5, 5.41) is 3.04. The summed E-state index contributed by atoms with van der Waals surface area (Å²) in [4.78, 5) is 22.3. The first-order valence-corrected chi connectivity index (χ1v) is 7.40. The van der Waals surface area contributed by atoms with Gasteiger partial charge in [0.05, 0.1) is 18.8 Å². The Kier molecular flexibility index (Phi) is 4.77. The number of nitrogens with one attached hydrogen (secondary N) is 1. The molecule has 1 fully saturated rings. The fourth-order valence-corrected chi connectivity index (χ4v) is 2.26. The number of hydrogen-bond donors (Lipinski definition) is 1. The van der Waals surface area contributed by atoms with Crippen LogP contribution in [0.25, 0.3) is 0 Å². The summed E-state index contributed by atoms with van der Waals surface area (Å²) in [5.74, 6) is 0.0715. The zero-order valence-electron chi connectivity index (χ0n) is 12.5. The molecule has 3 rings (SSSR count). The number of halogens is 1. The van der Waals surface area contributed by atoms with Crippen LogP contribution in [0.3, 0.4) is 0 Å². The van der Waals surface area contributed by atoms with Crippen LogP contribution in [-0.2, 0) is 11.3 Å². The van der Waals surface area contributed by atoms with Gasteiger partial charge in [-0.2, -0.15) is 0 Å². The number of morpholine rings is 1. The number of carbonyl (C=O) groups excluding carboxylic acids is 1. The van der Waals surface area contributed by atoms with E-state index < -0.39 is 0 Å². The highest BCUT2D eigenvalue weighted by Crippen LogP contribution is 2.09. The Balaban J connectivity index is 1.58. The average Bonchev–Trinajstić information content (AvgIpc) is 2.62. The molecule has 1 amide bonds. The van der Waals surface area contributed by atoms with Crippen molar-refractivity contribution in [2.45, 2.75) is 6.54 Å². The summed E-state index contributed by atoms with van der Waals surface area (Å²) in [5.41, 5.74) is 1.38. The summed E-state index contributed by atoms with van der Waals surface area (Å²) in [6.07, 6.45) is 3.02. The molecule has 0 spiro atoms. The van der Waals surface area contributed by atoms with Gasteiger partial charge in [0.2, 0.25) is 5.95 Å². The first kappa shape index (κ1) is 15.4. The largest absolute Gasteiger partial charge is 0.378 e. The SMILES string of the molecule is O=C(c1cnc(NCc2ccc(F)cc2)nc1)N1CCOCC1. The minimum atomic E-state index is -0.268. The van der Waals surface area contributed by atoms with Gasteiger partial charge in [0.25, 0.3) is 5.91 Å². The highest BCUT2D eigenvalue weighted by atomic mass is 19.1. The third kappa shape index (κ3) is 4.01. The van der Waals surface area contributed by atoms with Crippen LogP contribution in [-0.4, -0.2) is 47.1 Å². The number of carbonyl (C=O) groups is 1. The zero-order valence-corrected chi connectivity index (χ0v) is 12.5. The Morgan fingerprint density at radius 3 is 2.48 bits per heavy atom. The van der Waals surface area contributed by atoms with E-state index in [1.807, 2.05) is 0 Å². The monoisotopic (exact) mass is 316 g/mol. The maximum Gasteiger partial charge on any atom is 0.257 e. The first-order chi connectivity index (χ1) is 11.2. The minimum Gasteiger partial charge on any atom is -0.378 e. The van der Waals surface area contributed by atoms with Crippen LogP contribution in [0.1, 0.15) is 15.9 Å². The molecule has 0 saturated carbocycles. The van der Waals surface area contributed by atoms with Crippen LogP contribution < -0.4 is 5.32 Å². The maximum absolute atomic E-state index is 12.8. The Morgan fingerprint density at radius 2 is 1.83 bits per heavy atom. The smallest absolute Gasteiger partial charge is 0.257 e. The molecule has 0 radical (unpaired) electrons. The molecule has 7 heteroatoms. The molecule has 120 valence electrons. The van der Waals surface area contributed by atoms with Crippen LogP contribution in [0.15, 0.2) is 36.7 Å². The molecule has 1 aliphatic rings. The molecule has 0 bridgehead atoms. The predicted molar refractivity (Wildman–Crippen MR) is 82.5 cm³/mol. The molecule has 1 aromatic heterocycles. The summed E-state index contributed by atoms with van der Waals surface area (Å²) in [7, 11) is 0. The van der Waals surface area contributed by atoms with Gasteiger partial charge < -0.3 is 15.0 Å². The molecule has 1 saturated heterocycles. The summed E-state index contributed by atoms with van der Waals surface area (Å²) >= 11 is 0. The van der Waals surface area contributed by atoms with Gasteiger partial charge in [-0.1, -0.05) is 12.1 Å². The van der Waals surface area contributed by atoms with Gasteiger partial charge in [0, 0.05) is 32.0 Å². The molecule has 0 unspecified atom stereocenters. The third-order valence-corrected chi connectivity index (χ3v) is 3.56. The topological polar surface area (TPSA) is 67.4 Å². The molecule has 0 atom stereocenters. The molecule has 23 heavy (non-hydrogen) atoms. The van der Waals surface area contributed by atoms with Gasteiger partial charge in [0.1, 0.15) is 5.82 Å². The van der Waals surface area contributed by atoms with Crippen molar-refractivity contribution in [3.05, 3.63) is 53.6 Å². The molecule has 2 heterocycles. The number of hydrogen-bond acceptors (Lipinski definition) is 5. The number of aromatic nitrogens is 2. The fourth-order valence-electron chi connectivity index (χ4n) is 2.26. The van der Waals surface area contributed by atoms with E-state index in [0.717, 1.165) is 5.56 Å². The van der Waals surface area contributed by atoms with E-state index in [1.165, 1.54) is 24.5 Å². The van der Waals surface area contributed by atoms with E-state index in [4.69, 9.17) is 4.74 Å². The molecule has 1 N–H and O–H groups in total. The number of ether oxygens (including phenoxy) is 1. The van der Waals surface area contributed by atoms with Crippen molar-refractivity contribution in [2.75, 3.05) is 31.6 Å². The van der Waals surface area contributed by atoms with Gasteiger partial charge >= 0.3 is 0 Å². The van der Waals surface area contributed by atoms with Crippen molar-refractivity contribution < 1.29 is 13.9 Å². The quantitative estimate of drug-likeness (QED) is 0.930. The highest BCUT2D eigenvalue weighted by Gasteiger charge is 2.19. The second-order valence-electron chi connectivity index (χ2n) is 5.18. The standard InChI is InChI=1S/C16H17FN4O2/c17-14-3-1-12(2-4-14)9-18-16-19-10-13(11-20-16)15(22)21-5-7-23-8-6-21/h1-4,10-11H,5-9H2,(H,18,19,20). The van der Waals surface area contributed by atoms with E-state index in [2.05, 4.69) is 15.3 Å². The van der Waals surface area contributed by atoms with E-state index in [9.17, 15) is 9.18 Å². The van der Waals surface area contributed by atoms with Crippen LogP contribution in [0.2, 0.25) is 0 Å². The zero-order chi connectivity index (χ0) is 16.1. The molecular formula is C16H17FN4O2. The van der Waals surface area contributed by atoms with Gasteiger partial charge in [-0.3, -0.25) is 4.79 Å². The number of anilines is 1. The second kappa shape index (κ2) is 7.15. The minimum absolute atomic E-state index is 0.0848. The lowest BCUT2D eigenvalue weighted by molar-refractivity contribution is 0.0302. The van der Waals surface area contributed by atoms with Crippen LogP contribution in [0, 0.1) is 5.82 Å². The Bertz CT molecular complexity index is 655. The highest BCUT2D eigenvalue weighted by molar-refractivity contribution is 5.93. The summed E-state index contributed by atoms with van der Waals surface area (Å²) in [6, 6.07) is 6.20. The van der Waals surface area contributed by atoms with Gasteiger partial charge in [0.15, 0.2) is 0 Å². The first-order valence-electron chi connectivity index (χ1n) is 7.40. The summed E-state index contributed by atoms with van der Waals surface area (Å²) in [6.45, 7) is 2.78. The maximum atomic E-state index is 12.8. The lowest BCUT2D eigenvalue weighted by atomic mass is 10.2. The molecule has 1 aliphatic heterocycles. The van der Waals surface area contributed by atoms with Crippen molar-refractivity contribution in [2.24, 2.45) is 0 Å². The lowest BCUT2D eigenvalue weighted by Gasteiger charge is -2.26. The number of amides is 1. The van der Waals surface area contributed by atoms with Crippen molar-refractivity contribution in [3.63, 3.8) is 0 Å². The third-order valence-electron chi connectivity index (χ3n) is 3.56. The fraction of sp³-hybridized carbons (Fsp3) is 0.312. The summed E-state index contributed by atoms with van der Waals surface area (Å²) < 4.78 is 18.1. The molecule has 6 nitrogen and oxygen atoms in total. The second-order valence-corrected chi connectivity index (χ2v) is 5.18. The van der Waals surface area contributed by atoms with Crippen molar-refractivity contribution in [3.8, 4) is 0 Å². The number of benzene rings is 1. The van der Waals surface area contributed by atoms with Crippen LogP contribution in [0.4, 0.5) is 10.3 Å². The predicted octanol–water partition coefficient (Wildman–Crippen LogP) is 1.70.